The zero-order chi connectivity index (χ0) is 28.3. The number of hydrogen-bond acceptors (Lipinski definition) is 5. The molecule has 8 heteroatoms. The number of anilines is 1. The predicted molar refractivity (Wildman–Crippen MR) is 151 cm³/mol. The summed E-state index contributed by atoms with van der Waals surface area (Å²) in [6, 6.07) is 5.05. The summed E-state index contributed by atoms with van der Waals surface area (Å²) >= 11 is 0. The summed E-state index contributed by atoms with van der Waals surface area (Å²) in [5, 5.41) is 9.42. The molecule has 3 aliphatic rings. The number of aryl methyl sites for hydroxylation is 2. The molecule has 0 aromatic heterocycles. The summed E-state index contributed by atoms with van der Waals surface area (Å²) < 4.78 is 6.63. The number of likely N-dealkylation sites (tertiary alicyclic amines) is 1. The zero-order valence-electron chi connectivity index (χ0n) is 23.6. The third-order valence-corrected chi connectivity index (χ3v) is 8.57. The summed E-state index contributed by atoms with van der Waals surface area (Å²) in [6.45, 7) is 15.3. The maximum absolute atomic E-state index is 14.6. The second kappa shape index (κ2) is 12.0. The highest BCUT2D eigenvalue weighted by Gasteiger charge is 2.74. The van der Waals surface area contributed by atoms with E-state index in [2.05, 4.69) is 13.2 Å². The fourth-order valence-electron chi connectivity index (χ4n) is 7.08. The van der Waals surface area contributed by atoms with Crippen LogP contribution in [-0.4, -0.2) is 83.2 Å². The number of ether oxygens (including phenoxy) is 1. The molecule has 0 radical (unpaired) electrons. The molecule has 0 saturated carbocycles. The predicted octanol–water partition coefficient (Wildman–Crippen LogP) is 3.39. The Morgan fingerprint density at radius 2 is 1.85 bits per heavy atom. The Balaban J connectivity index is 1.78. The van der Waals surface area contributed by atoms with Gasteiger partial charge in [-0.1, -0.05) is 37.3 Å². The molecule has 212 valence electrons. The van der Waals surface area contributed by atoms with Gasteiger partial charge in [-0.05, 0) is 57.1 Å². The van der Waals surface area contributed by atoms with Crippen LogP contribution in [-0.2, 0) is 19.1 Å². The molecule has 3 fully saturated rings. The van der Waals surface area contributed by atoms with Gasteiger partial charge in [-0.15, -0.1) is 13.2 Å². The molecule has 3 heterocycles. The van der Waals surface area contributed by atoms with Gasteiger partial charge in [0.15, 0.2) is 0 Å². The Hall–Kier alpha value is -2.97. The van der Waals surface area contributed by atoms with E-state index in [0.29, 0.717) is 45.3 Å². The first-order valence-corrected chi connectivity index (χ1v) is 14.2. The van der Waals surface area contributed by atoms with Crippen molar-refractivity contribution in [2.45, 2.75) is 70.6 Å². The fourth-order valence-corrected chi connectivity index (χ4v) is 7.08. The Morgan fingerprint density at radius 1 is 1.15 bits per heavy atom. The Bertz CT molecular complexity index is 1100. The molecule has 2 unspecified atom stereocenters. The van der Waals surface area contributed by atoms with Gasteiger partial charge in [0.2, 0.25) is 11.8 Å². The van der Waals surface area contributed by atoms with E-state index in [1.165, 1.54) is 0 Å². The van der Waals surface area contributed by atoms with Crippen LogP contribution < -0.4 is 4.90 Å². The van der Waals surface area contributed by atoms with Gasteiger partial charge in [-0.3, -0.25) is 14.4 Å². The molecule has 3 aliphatic heterocycles. The van der Waals surface area contributed by atoms with Crippen LogP contribution in [0.5, 0.6) is 0 Å². The number of aliphatic hydroxyl groups is 1. The quantitative estimate of drug-likeness (QED) is 0.308. The van der Waals surface area contributed by atoms with Crippen molar-refractivity contribution in [3.8, 4) is 0 Å². The third-order valence-electron chi connectivity index (χ3n) is 8.57. The highest BCUT2D eigenvalue weighted by molar-refractivity contribution is 6.05. The average Bonchev–Trinajstić information content (AvgIpc) is 3.55. The Kier molecular flexibility index (Phi) is 8.96. The van der Waals surface area contributed by atoms with E-state index in [9.17, 15) is 19.5 Å². The van der Waals surface area contributed by atoms with E-state index in [0.717, 1.165) is 23.2 Å². The van der Waals surface area contributed by atoms with Crippen LogP contribution >= 0.6 is 0 Å². The standard InChI is InChI=1S/C31H43N3O5/c1-6-16-32(17-7-2)28(36)24-23-14-15-31(39-23)25(24)29(37)34(19-9-10-20-35)27(31)30(38)33(18-8-3)26-21(4)12-11-13-22(26)5/h6,8,11-13,23-25,27,35H,1,3,7,9-10,14-20H2,2,4-5H3/t23-,24+,25-,27?,31?/m0/s1. The molecule has 0 aliphatic carbocycles. The van der Waals surface area contributed by atoms with Crippen molar-refractivity contribution in [2.24, 2.45) is 11.8 Å². The van der Waals surface area contributed by atoms with Crippen LogP contribution in [0.25, 0.3) is 0 Å². The molecule has 3 amide bonds. The second-order valence-corrected chi connectivity index (χ2v) is 11.1. The SMILES string of the molecule is C=CCN(CCC)C(=O)[C@@H]1[C@@H]2CCC3(O2)C(C(=O)N(CC=C)c2c(C)cccc2C)N(CCCCO)C(=O)[C@H]13. The van der Waals surface area contributed by atoms with Crippen molar-refractivity contribution >= 4 is 23.4 Å². The van der Waals surface area contributed by atoms with E-state index in [-0.39, 0.29) is 30.9 Å². The van der Waals surface area contributed by atoms with E-state index in [1.807, 2.05) is 39.0 Å². The molecule has 1 N–H and O–H groups in total. The number of carbonyl (C=O) groups is 3. The van der Waals surface area contributed by atoms with Crippen molar-refractivity contribution in [1.82, 2.24) is 9.80 Å². The summed E-state index contributed by atoms with van der Waals surface area (Å²) in [4.78, 5) is 47.8. The van der Waals surface area contributed by atoms with Crippen LogP contribution in [0, 0.1) is 25.7 Å². The smallest absolute Gasteiger partial charge is 0.253 e. The van der Waals surface area contributed by atoms with Crippen molar-refractivity contribution in [2.75, 3.05) is 37.7 Å². The molecule has 1 aromatic rings. The number of amides is 3. The Morgan fingerprint density at radius 3 is 2.46 bits per heavy atom. The van der Waals surface area contributed by atoms with Crippen LogP contribution in [0.2, 0.25) is 0 Å². The summed E-state index contributed by atoms with van der Waals surface area (Å²) in [5.41, 5.74) is 1.67. The van der Waals surface area contributed by atoms with Crippen molar-refractivity contribution < 1.29 is 24.2 Å². The van der Waals surface area contributed by atoms with Crippen LogP contribution in [0.4, 0.5) is 5.69 Å². The lowest BCUT2D eigenvalue weighted by atomic mass is 9.70. The minimum atomic E-state index is -1.06. The first kappa shape index (κ1) is 29.0. The van der Waals surface area contributed by atoms with Crippen LogP contribution in [0.15, 0.2) is 43.5 Å². The molecule has 3 saturated heterocycles. The van der Waals surface area contributed by atoms with Gasteiger partial charge in [0.05, 0.1) is 17.9 Å². The third kappa shape index (κ3) is 4.93. The largest absolute Gasteiger partial charge is 0.396 e. The van der Waals surface area contributed by atoms with E-state index >= 15 is 0 Å². The molecule has 1 aromatic carbocycles. The molecule has 39 heavy (non-hydrogen) atoms. The Labute approximate surface area is 232 Å². The molecule has 4 rings (SSSR count). The van der Waals surface area contributed by atoms with E-state index in [4.69, 9.17) is 4.74 Å². The molecular formula is C31H43N3O5. The summed E-state index contributed by atoms with van der Waals surface area (Å²) in [7, 11) is 0. The number of hydrogen-bond donors (Lipinski definition) is 1. The first-order valence-electron chi connectivity index (χ1n) is 14.2. The van der Waals surface area contributed by atoms with Gasteiger partial charge in [-0.25, -0.2) is 0 Å². The topological polar surface area (TPSA) is 90.4 Å². The van der Waals surface area contributed by atoms with E-state index in [1.54, 1.807) is 26.9 Å². The minimum absolute atomic E-state index is 0.00737. The van der Waals surface area contributed by atoms with Gasteiger partial charge in [0, 0.05) is 38.5 Å². The molecular weight excluding hydrogens is 494 g/mol. The van der Waals surface area contributed by atoms with E-state index < -0.39 is 29.6 Å². The second-order valence-electron chi connectivity index (χ2n) is 11.1. The van der Waals surface area contributed by atoms with Crippen molar-refractivity contribution in [3.05, 3.63) is 54.6 Å². The van der Waals surface area contributed by atoms with Gasteiger partial charge in [0.25, 0.3) is 5.91 Å². The van der Waals surface area contributed by atoms with Gasteiger partial charge in [0.1, 0.15) is 11.6 Å². The lowest BCUT2D eigenvalue weighted by Crippen LogP contribution is -2.57. The maximum atomic E-state index is 14.6. The first-order chi connectivity index (χ1) is 18.8. The lowest BCUT2D eigenvalue weighted by Gasteiger charge is -2.37. The zero-order valence-corrected chi connectivity index (χ0v) is 23.6. The van der Waals surface area contributed by atoms with Crippen molar-refractivity contribution in [3.63, 3.8) is 0 Å². The summed E-state index contributed by atoms with van der Waals surface area (Å²) in [5.74, 6) is -1.83. The number of fused-ring (bicyclic) bond motifs is 1. The molecule has 2 bridgehead atoms. The summed E-state index contributed by atoms with van der Waals surface area (Å²) in [6.07, 6.45) is 6.07. The van der Waals surface area contributed by atoms with Gasteiger partial charge in [-0.2, -0.15) is 0 Å². The highest BCUT2D eigenvalue weighted by Crippen LogP contribution is 2.59. The molecule has 1 spiro atoms. The highest BCUT2D eigenvalue weighted by atomic mass is 16.5. The normalized spacial score (nSPS) is 27.0. The number of aliphatic hydroxyl groups excluding tert-OH is 1. The number of nitrogens with zero attached hydrogens (tertiary/aromatic N) is 3. The average molecular weight is 538 g/mol. The van der Waals surface area contributed by atoms with Crippen LogP contribution in [0.1, 0.15) is 50.2 Å². The van der Waals surface area contributed by atoms with Gasteiger partial charge < -0.3 is 24.5 Å². The minimum Gasteiger partial charge on any atom is -0.396 e. The number of benzene rings is 1. The lowest BCUT2D eigenvalue weighted by molar-refractivity contribution is -0.145. The van der Waals surface area contributed by atoms with Crippen LogP contribution in [0.3, 0.4) is 0 Å². The molecule has 5 atom stereocenters. The number of para-hydroxylation sites is 1. The maximum Gasteiger partial charge on any atom is 0.253 e. The van der Waals surface area contributed by atoms with Crippen molar-refractivity contribution in [1.29, 1.82) is 0 Å². The van der Waals surface area contributed by atoms with Gasteiger partial charge >= 0.3 is 0 Å². The monoisotopic (exact) mass is 537 g/mol. The number of rotatable bonds is 13. The number of carbonyl (C=O) groups excluding carboxylic acids is 3. The molecule has 8 nitrogen and oxygen atoms in total. The fraction of sp³-hybridized carbons (Fsp3) is 0.581. The number of unbranched alkanes of at least 4 members (excludes halogenated alkanes) is 1.